The van der Waals surface area contributed by atoms with Crippen LogP contribution in [0.5, 0.6) is 0 Å². The van der Waals surface area contributed by atoms with Gasteiger partial charge in [0.05, 0.1) is 0 Å². The van der Waals surface area contributed by atoms with Crippen molar-refractivity contribution in [1.29, 1.82) is 0 Å². The van der Waals surface area contributed by atoms with Gasteiger partial charge in [0, 0.05) is 13.0 Å². The van der Waals surface area contributed by atoms with Gasteiger partial charge in [-0.2, -0.15) is 0 Å². The predicted molar refractivity (Wildman–Crippen MR) is 97.5 cm³/mol. The van der Waals surface area contributed by atoms with Gasteiger partial charge in [-0.25, -0.2) is 0 Å². The number of carboxylic acids is 1. The van der Waals surface area contributed by atoms with Gasteiger partial charge in [0.2, 0.25) is 0 Å². The molecule has 0 saturated heterocycles. The monoisotopic (exact) mass is 322 g/mol. The van der Waals surface area contributed by atoms with E-state index in [1.54, 1.807) is 0 Å². The van der Waals surface area contributed by atoms with Gasteiger partial charge >= 0.3 is 5.97 Å². The maximum absolute atomic E-state index is 10.3. The summed E-state index contributed by atoms with van der Waals surface area (Å²) < 4.78 is 0. The highest BCUT2D eigenvalue weighted by Crippen LogP contribution is 2.04. The van der Waals surface area contributed by atoms with Crippen LogP contribution in [0, 0.1) is 0 Å². The zero-order valence-corrected chi connectivity index (χ0v) is 14.5. The van der Waals surface area contributed by atoms with Crippen LogP contribution >= 0.6 is 0 Å². The van der Waals surface area contributed by atoms with E-state index in [-0.39, 0.29) is 6.42 Å². The van der Waals surface area contributed by atoms with E-state index in [0.717, 1.165) is 57.8 Å². The Hall–Kier alpha value is -1.35. The van der Waals surface area contributed by atoms with E-state index in [9.17, 15) is 4.79 Å². The average molecular weight is 322 g/mol. The Bertz CT molecular complexity index is 343. The first kappa shape index (κ1) is 21.6. The van der Waals surface area contributed by atoms with E-state index in [0.29, 0.717) is 6.61 Å². The molecule has 0 atom stereocenters. The van der Waals surface area contributed by atoms with Crippen molar-refractivity contribution in [2.75, 3.05) is 6.61 Å². The lowest BCUT2D eigenvalue weighted by molar-refractivity contribution is -0.137. The standard InChI is InChI=1S/C20H34O3/c21-19-17-15-13-11-9-7-5-3-1-2-4-6-8-10-12-14-16-18-20(22)23/h2,4,7,9-10,12,21H,1,3,5-6,8,11,13-19H2,(H,22,23)/b4-2+,9-7-,12-10-. The highest BCUT2D eigenvalue weighted by molar-refractivity contribution is 5.66. The molecule has 0 aromatic carbocycles. The molecule has 0 aliphatic carbocycles. The molecule has 0 fully saturated rings. The molecule has 23 heavy (non-hydrogen) atoms. The molecule has 0 amide bonds. The summed E-state index contributed by atoms with van der Waals surface area (Å²) in [4.78, 5) is 10.3. The number of hydrogen-bond donors (Lipinski definition) is 2. The number of carbonyl (C=O) groups is 1. The predicted octanol–water partition coefficient (Wildman–Crippen LogP) is 5.41. The van der Waals surface area contributed by atoms with Crippen LogP contribution in [0.15, 0.2) is 36.5 Å². The number of unbranched alkanes of at least 4 members (excludes halogenated alkanes) is 7. The molecule has 0 radical (unpaired) electrons. The fourth-order valence-electron chi connectivity index (χ4n) is 2.18. The Kier molecular flexibility index (Phi) is 17.6. The number of aliphatic hydroxyl groups excluding tert-OH is 1. The minimum atomic E-state index is -0.710. The first-order valence-corrected chi connectivity index (χ1v) is 9.05. The van der Waals surface area contributed by atoms with Crippen LogP contribution in [-0.2, 0) is 4.79 Å². The van der Waals surface area contributed by atoms with Gasteiger partial charge in [-0.1, -0.05) is 42.9 Å². The van der Waals surface area contributed by atoms with E-state index in [1.807, 2.05) is 0 Å². The molecular formula is C20H34O3. The van der Waals surface area contributed by atoms with E-state index >= 15 is 0 Å². The molecule has 0 rings (SSSR count). The Morgan fingerprint density at radius 2 is 1.09 bits per heavy atom. The van der Waals surface area contributed by atoms with Crippen LogP contribution in [-0.4, -0.2) is 22.8 Å². The van der Waals surface area contributed by atoms with Crippen LogP contribution in [0.2, 0.25) is 0 Å². The van der Waals surface area contributed by atoms with Crippen molar-refractivity contribution in [3.63, 3.8) is 0 Å². The molecule has 0 aromatic heterocycles. The lowest BCUT2D eigenvalue weighted by Crippen LogP contribution is -1.92. The van der Waals surface area contributed by atoms with Crippen LogP contribution in [0.4, 0.5) is 0 Å². The second-order valence-electron chi connectivity index (χ2n) is 5.78. The van der Waals surface area contributed by atoms with Gasteiger partial charge in [-0.05, 0) is 64.2 Å². The molecule has 132 valence electrons. The van der Waals surface area contributed by atoms with E-state index < -0.39 is 5.97 Å². The molecule has 3 nitrogen and oxygen atoms in total. The summed E-state index contributed by atoms with van der Waals surface area (Å²) in [7, 11) is 0. The minimum absolute atomic E-state index is 0.265. The Morgan fingerprint density at radius 3 is 1.61 bits per heavy atom. The number of hydrogen-bond acceptors (Lipinski definition) is 2. The first-order chi connectivity index (χ1) is 11.3. The summed E-state index contributed by atoms with van der Waals surface area (Å²) in [6.45, 7) is 0.316. The largest absolute Gasteiger partial charge is 0.481 e. The highest BCUT2D eigenvalue weighted by atomic mass is 16.4. The van der Waals surface area contributed by atoms with Gasteiger partial charge in [0.1, 0.15) is 0 Å². The molecule has 2 N–H and O–H groups in total. The summed E-state index contributed by atoms with van der Waals surface area (Å²) in [6.07, 6.45) is 25.1. The normalized spacial score (nSPS) is 12.0. The zero-order chi connectivity index (χ0) is 17.0. The minimum Gasteiger partial charge on any atom is -0.481 e. The lowest BCUT2D eigenvalue weighted by Gasteiger charge is -1.94. The molecular weight excluding hydrogens is 288 g/mol. The summed E-state index contributed by atoms with van der Waals surface area (Å²) in [5, 5.41) is 17.2. The van der Waals surface area contributed by atoms with Crippen molar-refractivity contribution in [2.24, 2.45) is 0 Å². The van der Waals surface area contributed by atoms with Crippen LogP contribution < -0.4 is 0 Å². The number of carboxylic acid groups (broad SMARTS) is 1. The maximum Gasteiger partial charge on any atom is 0.303 e. The van der Waals surface area contributed by atoms with Gasteiger partial charge in [-0.15, -0.1) is 0 Å². The molecule has 0 aromatic rings. The molecule has 0 unspecified atom stereocenters. The van der Waals surface area contributed by atoms with E-state index in [4.69, 9.17) is 10.2 Å². The molecule has 0 aliphatic rings. The fourth-order valence-corrected chi connectivity index (χ4v) is 2.18. The Morgan fingerprint density at radius 1 is 0.609 bits per heavy atom. The van der Waals surface area contributed by atoms with E-state index in [1.165, 1.54) is 12.8 Å². The van der Waals surface area contributed by atoms with Crippen molar-refractivity contribution in [2.45, 2.75) is 77.0 Å². The molecule has 3 heteroatoms. The number of allylic oxidation sites excluding steroid dienone is 6. The third-order valence-electron chi connectivity index (χ3n) is 3.53. The van der Waals surface area contributed by atoms with Gasteiger partial charge < -0.3 is 10.2 Å². The smallest absolute Gasteiger partial charge is 0.303 e. The van der Waals surface area contributed by atoms with Crippen molar-refractivity contribution >= 4 is 5.97 Å². The summed E-state index contributed by atoms with van der Waals surface area (Å²) in [6, 6.07) is 0. The average Bonchev–Trinajstić information content (AvgIpc) is 2.53. The second kappa shape index (κ2) is 18.7. The topological polar surface area (TPSA) is 57.5 Å². The van der Waals surface area contributed by atoms with Crippen molar-refractivity contribution < 1.29 is 15.0 Å². The Balaban J connectivity index is 3.26. The molecule has 0 heterocycles. The summed E-state index contributed by atoms with van der Waals surface area (Å²) >= 11 is 0. The van der Waals surface area contributed by atoms with Crippen LogP contribution in [0.3, 0.4) is 0 Å². The maximum atomic E-state index is 10.3. The lowest BCUT2D eigenvalue weighted by atomic mass is 10.1. The molecule has 0 aliphatic heterocycles. The molecule has 0 saturated carbocycles. The van der Waals surface area contributed by atoms with Gasteiger partial charge in [-0.3, -0.25) is 4.79 Å². The summed E-state index contributed by atoms with van der Waals surface area (Å²) in [5.41, 5.74) is 0. The number of rotatable bonds is 16. The fraction of sp³-hybridized carbons (Fsp3) is 0.650. The number of aliphatic carboxylic acids is 1. The third kappa shape index (κ3) is 20.6. The van der Waals surface area contributed by atoms with Gasteiger partial charge in [0.25, 0.3) is 0 Å². The quantitative estimate of drug-likeness (QED) is 0.295. The van der Waals surface area contributed by atoms with Crippen molar-refractivity contribution in [3.8, 4) is 0 Å². The summed E-state index contributed by atoms with van der Waals surface area (Å²) in [5.74, 6) is -0.710. The molecule has 0 spiro atoms. The highest BCUT2D eigenvalue weighted by Gasteiger charge is 1.92. The van der Waals surface area contributed by atoms with Gasteiger partial charge in [0.15, 0.2) is 0 Å². The van der Waals surface area contributed by atoms with Crippen molar-refractivity contribution in [3.05, 3.63) is 36.5 Å². The second-order valence-corrected chi connectivity index (χ2v) is 5.78. The van der Waals surface area contributed by atoms with E-state index in [2.05, 4.69) is 36.5 Å². The number of aliphatic hydroxyl groups is 1. The molecule has 0 bridgehead atoms. The zero-order valence-electron chi connectivity index (χ0n) is 14.5. The first-order valence-electron chi connectivity index (χ1n) is 9.05. The van der Waals surface area contributed by atoms with Crippen LogP contribution in [0.1, 0.15) is 77.0 Å². The Labute approximate surface area is 141 Å². The SMILES string of the molecule is O=C(O)CCC/C=C\CC/C=C/CCC/C=C\CCCCCO. The third-order valence-corrected chi connectivity index (χ3v) is 3.53. The van der Waals surface area contributed by atoms with Crippen molar-refractivity contribution in [1.82, 2.24) is 0 Å². The van der Waals surface area contributed by atoms with Crippen LogP contribution in [0.25, 0.3) is 0 Å².